The van der Waals surface area contributed by atoms with Crippen LogP contribution in [0.15, 0.2) is 55.0 Å². The zero-order valence-electron chi connectivity index (χ0n) is 13.7. The van der Waals surface area contributed by atoms with Gasteiger partial charge >= 0.3 is 0 Å². The van der Waals surface area contributed by atoms with Gasteiger partial charge < -0.3 is 5.32 Å². The Morgan fingerprint density at radius 3 is 2.48 bits per heavy atom. The van der Waals surface area contributed by atoms with E-state index in [-0.39, 0.29) is 5.56 Å². The molecular weight excluding hydrogens is 343 g/mol. The van der Waals surface area contributed by atoms with Gasteiger partial charge in [0.2, 0.25) is 5.67 Å². The molecule has 1 N–H and O–H groups in total. The Hall–Kier alpha value is -2.73. The highest BCUT2D eigenvalue weighted by Gasteiger charge is 2.36. The molecular formula is C18H16ClFN4O. The van der Waals surface area contributed by atoms with Crippen LogP contribution in [0.25, 0.3) is 5.69 Å². The first-order valence-corrected chi connectivity index (χ1v) is 7.99. The molecule has 1 aromatic carbocycles. The summed E-state index contributed by atoms with van der Waals surface area (Å²) in [5, 5.41) is 7.36. The highest BCUT2D eigenvalue weighted by molar-refractivity contribution is 6.30. The van der Waals surface area contributed by atoms with Crippen molar-refractivity contribution in [1.29, 1.82) is 0 Å². The molecule has 0 spiro atoms. The van der Waals surface area contributed by atoms with E-state index in [0.717, 1.165) is 5.56 Å². The smallest absolute Gasteiger partial charge is 0.267 e. The molecule has 0 saturated carbocycles. The molecule has 7 heteroatoms. The SMILES string of the molecule is Cc1cnn(-c2ccncc2)c1NC(=O)C(C)(F)c1ccc(Cl)cc1. The van der Waals surface area contributed by atoms with Crippen molar-refractivity contribution in [3.05, 3.63) is 71.1 Å². The summed E-state index contributed by atoms with van der Waals surface area (Å²) in [7, 11) is 0. The van der Waals surface area contributed by atoms with E-state index in [9.17, 15) is 4.79 Å². The van der Waals surface area contributed by atoms with Gasteiger partial charge in [0, 0.05) is 23.0 Å². The minimum atomic E-state index is -2.22. The number of rotatable bonds is 4. The lowest BCUT2D eigenvalue weighted by atomic mass is 9.97. The van der Waals surface area contributed by atoms with Crippen LogP contribution in [-0.4, -0.2) is 20.7 Å². The predicted octanol–water partition coefficient (Wildman–Crippen LogP) is 4.05. The minimum absolute atomic E-state index is 0.224. The number of aromatic nitrogens is 3. The highest BCUT2D eigenvalue weighted by Crippen LogP contribution is 2.29. The van der Waals surface area contributed by atoms with Crippen LogP contribution in [0.5, 0.6) is 0 Å². The van der Waals surface area contributed by atoms with Crippen LogP contribution in [0.3, 0.4) is 0 Å². The number of halogens is 2. The number of aryl methyl sites for hydroxylation is 1. The zero-order chi connectivity index (χ0) is 18.0. The zero-order valence-corrected chi connectivity index (χ0v) is 14.5. The van der Waals surface area contributed by atoms with Crippen LogP contribution in [0.1, 0.15) is 18.1 Å². The van der Waals surface area contributed by atoms with E-state index in [2.05, 4.69) is 15.4 Å². The number of amides is 1. The average molecular weight is 359 g/mol. The van der Waals surface area contributed by atoms with E-state index in [1.54, 1.807) is 49.8 Å². The number of hydrogen-bond acceptors (Lipinski definition) is 3. The number of benzene rings is 1. The Morgan fingerprint density at radius 1 is 1.20 bits per heavy atom. The number of alkyl halides is 1. The molecule has 128 valence electrons. The number of pyridine rings is 1. The number of carbonyl (C=O) groups excluding carboxylic acids is 1. The van der Waals surface area contributed by atoms with E-state index < -0.39 is 11.6 Å². The molecule has 1 amide bonds. The van der Waals surface area contributed by atoms with Gasteiger partial charge in [-0.15, -0.1) is 0 Å². The van der Waals surface area contributed by atoms with Crippen LogP contribution in [-0.2, 0) is 10.5 Å². The second kappa shape index (κ2) is 6.64. The largest absolute Gasteiger partial charge is 0.307 e. The molecule has 0 aliphatic rings. The van der Waals surface area contributed by atoms with E-state index >= 15 is 4.39 Å². The van der Waals surface area contributed by atoms with Crippen molar-refractivity contribution >= 4 is 23.3 Å². The molecule has 0 saturated heterocycles. The van der Waals surface area contributed by atoms with Crippen molar-refractivity contribution in [1.82, 2.24) is 14.8 Å². The topological polar surface area (TPSA) is 59.8 Å². The van der Waals surface area contributed by atoms with Gasteiger partial charge in [0.1, 0.15) is 5.82 Å². The summed E-state index contributed by atoms with van der Waals surface area (Å²) in [5.74, 6) is -0.372. The first-order valence-electron chi connectivity index (χ1n) is 7.61. The molecule has 0 aliphatic heterocycles. The number of carbonyl (C=O) groups is 1. The van der Waals surface area contributed by atoms with Gasteiger partial charge in [0.15, 0.2) is 0 Å². The number of hydrogen-bond donors (Lipinski definition) is 1. The molecule has 2 heterocycles. The maximum absolute atomic E-state index is 15.1. The fourth-order valence-electron chi connectivity index (χ4n) is 2.38. The van der Waals surface area contributed by atoms with Crippen molar-refractivity contribution in [3.8, 4) is 5.69 Å². The Bertz CT molecular complexity index is 891. The van der Waals surface area contributed by atoms with Gasteiger partial charge in [0.05, 0.1) is 11.9 Å². The molecule has 5 nitrogen and oxygen atoms in total. The quantitative estimate of drug-likeness (QED) is 0.765. The molecule has 1 atom stereocenters. The third-order valence-electron chi connectivity index (χ3n) is 3.90. The molecule has 25 heavy (non-hydrogen) atoms. The van der Waals surface area contributed by atoms with Gasteiger partial charge in [-0.2, -0.15) is 5.10 Å². The van der Waals surface area contributed by atoms with Crippen molar-refractivity contribution in [2.45, 2.75) is 19.5 Å². The van der Waals surface area contributed by atoms with Crippen LogP contribution in [0, 0.1) is 6.92 Å². The first kappa shape index (κ1) is 17.1. The molecule has 0 aliphatic carbocycles. The third-order valence-corrected chi connectivity index (χ3v) is 4.16. The molecule has 2 aromatic heterocycles. The third kappa shape index (κ3) is 3.39. The van der Waals surface area contributed by atoms with Gasteiger partial charge in [-0.1, -0.05) is 23.7 Å². The number of nitrogens with one attached hydrogen (secondary N) is 1. The highest BCUT2D eigenvalue weighted by atomic mass is 35.5. The standard InChI is InChI=1S/C18H16ClFN4O/c1-12-11-22-24(15-7-9-21-10-8-15)16(12)23-17(25)18(2,20)13-3-5-14(19)6-4-13/h3-11H,1-2H3,(H,23,25). The molecule has 1 unspecified atom stereocenters. The van der Waals surface area contributed by atoms with E-state index in [4.69, 9.17) is 11.6 Å². The summed E-state index contributed by atoms with van der Waals surface area (Å²) >= 11 is 5.83. The maximum atomic E-state index is 15.1. The molecule has 0 fully saturated rings. The Balaban J connectivity index is 1.91. The lowest BCUT2D eigenvalue weighted by molar-refractivity contribution is -0.126. The lowest BCUT2D eigenvalue weighted by Crippen LogP contribution is -2.34. The summed E-state index contributed by atoms with van der Waals surface area (Å²) in [5.41, 5.74) is -0.561. The van der Waals surface area contributed by atoms with Gasteiger partial charge in [0.25, 0.3) is 5.91 Å². The summed E-state index contributed by atoms with van der Waals surface area (Å²) in [4.78, 5) is 16.5. The van der Waals surface area contributed by atoms with Gasteiger partial charge in [-0.25, -0.2) is 9.07 Å². The first-order chi connectivity index (χ1) is 11.9. The predicted molar refractivity (Wildman–Crippen MR) is 94.6 cm³/mol. The van der Waals surface area contributed by atoms with Crippen LogP contribution < -0.4 is 5.32 Å². The number of nitrogens with zero attached hydrogens (tertiary/aromatic N) is 3. The summed E-state index contributed by atoms with van der Waals surface area (Å²) in [6, 6.07) is 9.58. The molecule has 3 rings (SSSR count). The lowest BCUT2D eigenvalue weighted by Gasteiger charge is -2.21. The maximum Gasteiger partial charge on any atom is 0.267 e. The fourth-order valence-corrected chi connectivity index (χ4v) is 2.51. The van der Waals surface area contributed by atoms with Crippen molar-refractivity contribution in [3.63, 3.8) is 0 Å². The summed E-state index contributed by atoms with van der Waals surface area (Å²) in [6.45, 7) is 3.01. The van der Waals surface area contributed by atoms with Crippen LogP contribution in [0.4, 0.5) is 10.2 Å². The Labute approximate surface area is 149 Å². The fraction of sp³-hybridized carbons (Fsp3) is 0.167. The number of anilines is 1. The Kier molecular flexibility index (Phi) is 4.55. The average Bonchev–Trinajstić information content (AvgIpc) is 2.97. The monoisotopic (exact) mass is 358 g/mol. The Morgan fingerprint density at radius 2 is 1.84 bits per heavy atom. The summed E-state index contributed by atoms with van der Waals surface area (Å²) in [6.07, 6.45) is 4.84. The second-order valence-electron chi connectivity index (χ2n) is 5.76. The van der Waals surface area contributed by atoms with Crippen LogP contribution in [0.2, 0.25) is 5.02 Å². The van der Waals surface area contributed by atoms with Gasteiger partial charge in [-0.05, 0) is 43.7 Å². The van der Waals surface area contributed by atoms with E-state index in [1.165, 1.54) is 23.7 Å². The van der Waals surface area contributed by atoms with Crippen molar-refractivity contribution in [2.75, 3.05) is 5.32 Å². The van der Waals surface area contributed by atoms with Gasteiger partial charge in [-0.3, -0.25) is 9.78 Å². The van der Waals surface area contributed by atoms with Crippen molar-refractivity contribution in [2.24, 2.45) is 0 Å². The molecule has 0 bridgehead atoms. The second-order valence-corrected chi connectivity index (χ2v) is 6.19. The van der Waals surface area contributed by atoms with Crippen molar-refractivity contribution < 1.29 is 9.18 Å². The minimum Gasteiger partial charge on any atom is -0.307 e. The summed E-state index contributed by atoms with van der Waals surface area (Å²) < 4.78 is 16.6. The van der Waals surface area contributed by atoms with E-state index in [0.29, 0.717) is 16.5 Å². The molecule has 0 radical (unpaired) electrons. The molecule has 3 aromatic rings. The van der Waals surface area contributed by atoms with Crippen LogP contribution >= 0.6 is 11.6 Å². The normalized spacial score (nSPS) is 13.3. The van der Waals surface area contributed by atoms with E-state index in [1.807, 2.05) is 0 Å².